The van der Waals surface area contributed by atoms with Crippen molar-refractivity contribution < 1.29 is 53.2 Å². The van der Waals surface area contributed by atoms with Crippen LogP contribution in [0.3, 0.4) is 0 Å². The van der Waals surface area contributed by atoms with Gasteiger partial charge in [-0.15, -0.1) is 12.0 Å². The Balaban J connectivity index is 0.00000128. The van der Waals surface area contributed by atoms with Gasteiger partial charge in [0.25, 0.3) is 0 Å². The number of hydrogen-bond donors (Lipinski definition) is 0. The van der Waals surface area contributed by atoms with Crippen molar-refractivity contribution in [3.63, 3.8) is 0 Å². The Morgan fingerprint density at radius 1 is 1.44 bits per heavy atom. The van der Waals surface area contributed by atoms with Gasteiger partial charge in [-0.1, -0.05) is 0 Å². The number of pyridine rings is 2. The number of aryl methyl sites for hydroxylation is 1. The maximum absolute atomic E-state index is 13.3. The van der Waals surface area contributed by atoms with E-state index in [1.165, 1.54) is 0 Å². The summed E-state index contributed by atoms with van der Waals surface area (Å²) in [6, 6.07) is 3.54. The number of rotatable bonds is 2. The summed E-state index contributed by atoms with van der Waals surface area (Å²) in [5.41, 5.74) is 1.95. The van der Waals surface area contributed by atoms with E-state index in [4.69, 9.17) is 0 Å². The second-order valence-electron chi connectivity index (χ2n) is 3.14. The van der Waals surface area contributed by atoms with Crippen molar-refractivity contribution in [1.82, 2.24) is 9.97 Å². The van der Waals surface area contributed by atoms with Crippen LogP contribution < -0.4 is 0 Å². The minimum Gasteiger partial charge on any atom is -0.315 e. The Morgan fingerprint density at radius 3 is 2.88 bits per heavy atom. The van der Waals surface area contributed by atoms with Crippen molar-refractivity contribution in [3.05, 3.63) is 41.8 Å². The van der Waals surface area contributed by atoms with E-state index < -0.39 is 5.82 Å². The van der Waals surface area contributed by atoms with Crippen LogP contribution in [0.4, 0.5) is 4.39 Å². The van der Waals surface area contributed by atoms with Gasteiger partial charge in [-0.25, -0.2) is 0 Å². The largest absolute Gasteiger partial charge is 0.315 e. The van der Waals surface area contributed by atoms with Crippen LogP contribution >= 0.6 is 0 Å². The van der Waals surface area contributed by atoms with E-state index in [1.807, 2.05) is 0 Å². The van der Waals surface area contributed by atoms with Gasteiger partial charge in [0.05, 0.1) is 6.29 Å². The molecule has 0 aliphatic heterocycles. The summed E-state index contributed by atoms with van der Waals surface area (Å²) < 4.78 is 13.3. The molecule has 2 rings (SSSR count). The normalized spacial score (nSPS) is 9.62. The van der Waals surface area contributed by atoms with Gasteiger partial charge >= 0.3 is 0 Å². The number of aldehydes is 1. The zero-order chi connectivity index (χ0) is 10.8. The van der Waals surface area contributed by atoms with Crippen molar-refractivity contribution in [2.24, 2.45) is 0 Å². The van der Waals surface area contributed by atoms with E-state index in [1.54, 1.807) is 19.1 Å². The topological polar surface area (TPSA) is 42.9 Å². The molecule has 0 aliphatic carbocycles. The van der Waals surface area contributed by atoms with Gasteiger partial charge in [0.1, 0.15) is 0 Å². The van der Waals surface area contributed by atoms with Crippen molar-refractivity contribution in [1.29, 1.82) is 0 Å². The van der Waals surface area contributed by atoms with Crippen molar-refractivity contribution in [2.75, 3.05) is 0 Å². The van der Waals surface area contributed by atoms with Crippen molar-refractivity contribution >= 4 is 17.3 Å². The summed E-state index contributed by atoms with van der Waals surface area (Å²) in [6.07, 6.45) is 2.79. The minimum absolute atomic E-state index is 0. The van der Waals surface area contributed by atoms with Gasteiger partial charge in [0.15, 0.2) is 0 Å². The van der Waals surface area contributed by atoms with Crippen LogP contribution in [0.5, 0.6) is 0 Å². The van der Waals surface area contributed by atoms with Crippen LogP contribution in [-0.4, -0.2) is 16.3 Å². The maximum atomic E-state index is 13.3. The molecule has 0 saturated carbocycles. The third-order valence-corrected chi connectivity index (χ3v) is 2.08. The first kappa shape index (κ1) is 13.5. The van der Waals surface area contributed by atoms with Gasteiger partial charge in [0, 0.05) is 67.3 Å². The van der Waals surface area contributed by atoms with Gasteiger partial charge in [-0.2, -0.15) is 0 Å². The Labute approximate surface area is 128 Å². The molecular formula is C11H8AcFN2O-. The summed E-state index contributed by atoms with van der Waals surface area (Å²) in [5, 5.41) is 0. The second-order valence-corrected chi connectivity index (χ2v) is 3.14. The van der Waals surface area contributed by atoms with Gasteiger partial charge in [0.2, 0.25) is 0 Å². The summed E-state index contributed by atoms with van der Waals surface area (Å²) in [7, 11) is 0. The molecule has 0 bridgehead atoms. The van der Waals surface area contributed by atoms with Gasteiger partial charge in [-0.3, -0.25) is 9.37 Å². The fourth-order valence-corrected chi connectivity index (χ4v) is 1.39. The molecule has 79 valence electrons. The molecule has 0 spiro atoms. The van der Waals surface area contributed by atoms with Gasteiger partial charge < -0.3 is 9.78 Å². The molecule has 1 radical (unpaired) electrons. The van der Waals surface area contributed by atoms with Crippen LogP contribution in [0.15, 0.2) is 18.3 Å². The number of nitrogens with zero attached hydrogens (tertiary/aromatic N) is 2. The molecular weight excluding hydrogens is 422 g/mol. The van der Waals surface area contributed by atoms with Crippen LogP contribution in [0.1, 0.15) is 11.3 Å². The first-order chi connectivity index (χ1) is 7.22. The molecule has 0 atom stereocenters. The van der Waals surface area contributed by atoms with Crippen LogP contribution in [0.25, 0.3) is 11.0 Å². The van der Waals surface area contributed by atoms with Crippen LogP contribution in [0, 0.1) is 63.2 Å². The Morgan fingerprint density at radius 2 is 2.19 bits per heavy atom. The van der Waals surface area contributed by atoms with E-state index in [0.29, 0.717) is 17.3 Å². The Bertz CT molecular complexity index is 525. The Hall–Kier alpha value is -0.528. The van der Waals surface area contributed by atoms with Crippen molar-refractivity contribution in [2.45, 2.75) is 6.92 Å². The molecule has 0 saturated heterocycles. The van der Waals surface area contributed by atoms with E-state index in [-0.39, 0.29) is 49.6 Å². The molecule has 0 unspecified atom stereocenters. The standard InChI is InChI=1S/C11H8FN2O.Ac/c1-7-2-3-10-11(14-7)8(4-5-15)9(12)6-13-10;/h2-6H,1H3;/q-1;. The average molecular weight is 430 g/mol. The molecule has 2 heterocycles. The monoisotopic (exact) mass is 430 g/mol. The zero-order valence-electron chi connectivity index (χ0n) is 8.64. The average Bonchev–Trinajstić information content (AvgIpc) is 2.23. The first-order valence-corrected chi connectivity index (χ1v) is 4.43. The molecule has 3 nitrogen and oxygen atoms in total. The summed E-state index contributed by atoms with van der Waals surface area (Å²) in [5.74, 6) is -0.535. The van der Waals surface area contributed by atoms with E-state index in [9.17, 15) is 9.18 Å². The number of carbonyl (C=O) groups is 1. The fraction of sp³-hybridized carbons (Fsp3) is 0.0909. The summed E-state index contributed by atoms with van der Waals surface area (Å²) in [4.78, 5) is 18.4. The van der Waals surface area contributed by atoms with Gasteiger partial charge in [-0.05, 0) is 24.6 Å². The number of carbonyl (C=O) groups excluding carboxylic acids is 1. The third kappa shape index (κ3) is 2.58. The molecule has 0 aliphatic rings. The van der Waals surface area contributed by atoms with E-state index in [0.717, 1.165) is 18.3 Å². The summed E-state index contributed by atoms with van der Waals surface area (Å²) >= 11 is 0. The minimum atomic E-state index is -0.535. The third-order valence-electron chi connectivity index (χ3n) is 2.08. The predicted octanol–water partition coefficient (Wildman–Crippen LogP) is 1.83. The van der Waals surface area contributed by atoms with E-state index in [2.05, 4.69) is 9.97 Å². The Kier molecular flexibility index (Phi) is 4.82. The number of aromatic nitrogens is 2. The molecule has 16 heavy (non-hydrogen) atoms. The van der Waals surface area contributed by atoms with Crippen LogP contribution in [-0.2, 0) is 4.79 Å². The fourth-order valence-electron chi connectivity index (χ4n) is 1.39. The van der Waals surface area contributed by atoms with Crippen LogP contribution in [0.2, 0.25) is 0 Å². The van der Waals surface area contributed by atoms with E-state index >= 15 is 0 Å². The predicted molar refractivity (Wildman–Crippen MR) is 53.7 cm³/mol. The summed E-state index contributed by atoms with van der Waals surface area (Å²) in [6.45, 7) is 1.80. The molecule has 2 aromatic rings. The second kappa shape index (κ2) is 5.70. The zero-order valence-corrected chi connectivity index (χ0v) is 13.4. The molecule has 0 N–H and O–H groups in total. The molecule has 0 amide bonds. The first-order valence-electron chi connectivity index (χ1n) is 4.43. The smallest absolute Gasteiger partial charge is 0.0888 e. The SMILES string of the molecule is Cc1ccc2ncc(F)c([CH-]C=O)c2n1.[Ac]. The molecule has 0 fully saturated rings. The quantitative estimate of drug-likeness (QED) is 0.540. The number of halogens is 1. The molecule has 2 aromatic heterocycles. The molecule has 0 aromatic carbocycles. The number of fused-ring (bicyclic) bond motifs is 1. The maximum Gasteiger partial charge on any atom is 0.0888 e. The molecule has 5 heteroatoms. The van der Waals surface area contributed by atoms with Crippen molar-refractivity contribution in [3.8, 4) is 0 Å². The number of hydrogen-bond acceptors (Lipinski definition) is 3.